The predicted molar refractivity (Wildman–Crippen MR) is 115 cm³/mol. The van der Waals surface area contributed by atoms with Crippen LogP contribution in [0.4, 0.5) is 0 Å². The highest BCUT2D eigenvalue weighted by Crippen LogP contribution is 2.26. The molecule has 0 radical (unpaired) electrons. The van der Waals surface area contributed by atoms with Crippen LogP contribution in [-0.4, -0.2) is 31.7 Å². The average molecular weight is 435 g/mol. The van der Waals surface area contributed by atoms with Gasteiger partial charge in [-0.1, -0.05) is 48.4 Å². The Kier molecular flexibility index (Phi) is 6.98. The third kappa shape index (κ3) is 5.18. The van der Waals surface area contributed by atoms with Crippen LogP contribution in [0.5, 0.6) is 0 Å². The molecule has 7 heteroatoms. The number of rotatable bonds is 6. The minimum atomic E-state index is -3.64. The molecule has 0 aromatic heterocycles. The van der Waals surface area contributed by atoms with Crippen molar-refractivity contribution in [3.63, 3.8) is 0 Å². The van der Waals surface area contributed by atoms with Crippen LogP contribution in [0, 0.1) is 12.8 Å². The number of carbonyl (C=O) groups is 1. The van der Waals surface area contributed by atoms with Crippen LogP contribution < -0.4 is 5.32 Å². The van der Waals surface area contributed by atoms with Gasteiger partial charge >= 0.3 is 0 Å². The van der Waals surface area contributed by atoms with Crippen molar-refractivity contribution < 1.29 is 13.2 Å². The Hall–Kier alpha value is -1.89. The van der Waals surface area contributed by atoms with Gasteiger partial charge in [0.15, 0.2) is 0 Å². The molecule has 1 heterocycles. The second kappa shape index (κ2) is 9.28. The van der Waals surface area contributed by atoms with Crippen molar-refractivity contribution in [3.05, 3.63) is 64.7 Å². The molecule has 0 aliphatic carbocycles. The standard InChI is InChI=1S/C22H27ClN2O3S/c1-3-21(17-8-6-16(2)7-9-17)24-22(26)18-5-4-14-25(15-18)29(27,28)20-12-10-19(23)11-13-20/h6-13,18,21H,3-5,14-15H2,1-2H3,(H,24,26). The number of sulfonamides is 1. The number of aryl methyl sites for hydroxylation is 1. The van der Waals surface area contributed by atoms with E-state index in [0.717, 1.165) is 12.0 Å². The molecule has 0 saturated carbocycles. The van der Waals surface area contributed by atoms with Crippen LogP contribution in [-0.2, 0) is 14.8 Å². The van der Waals surface area contributed by atoms with Crippen molar-refractivity contribution >= 4 is 27.5 Å². The van der Waals surface area contributed by atoms with E-state index >= 15 is 0 Å². The Morgan fingerprint density at radius 1 is 1.17 bits per heavy atom. The first-order chi connectivity index (χ1) is 13.8. The zero-order chi connectivity index (χ0) is 21.0. The molecule has 5 nitrogen and oxygen atoms in total. The molecular formula is C22H27ClN2O3S. The SMILES string of the molecule is CCC(NC(=O)C1CCCN(S(=O)(=O)c2ccc(Cl)cc2)C1)c1ccc(C)cc1. The Morgan fingerprint density at radius 2 is 1.83 bits per heavy atom. The summed E-state index contributed by atoms with van der Waals surface area (Å²) < 4.78 is 27.3. The molecule has 2 atom stereocenters. The zero-order valence-corrected chi connectivity index (χ0v) is 18.3. The molecule has 1 amide bonds. The lowest BCUT2D eigenvalue weighted by Crippen LogP contribution is -2.46. The van der Waals surface area contributed by atoms with Crippen molar-refractivity contribution in [3.8, 4) is 0 Å². The number of benzene rings is 2. The molecule has 3 rings (SSSR count). The lowest BCUT2D eigenvalue weighted by atomic mass is 9.97. The van der Waals surface area contributed by atoms with Gasteiger partial charge in [-0.05, 0) is 56.0 Å². The predicted octanol–water partition coefficient (Wildman–Crippen LogP) is 4.32. The van der Waals surface area contributed by atoms with Crippen molar-refractivity contribution in [2.75, 3.05) is 13.1 Å². The number of nitrogens with zero attached hydrogens (tertiary/aromatic N) is 1. The van der Waals surface area contributed by atoms with E-state index in [4.69, 9.17) is 11.6 Å². The van der Waals surface area contributed by atoms with Crippen LogP contribution in [0.15, 0.2) is 53.4 Å². The van der Waals surface area contributed by atoms with Gasteiger partial charge in [0.2, 0.25) is 15.9 Å². The molecule has 1 fully saturated rings. The van der Waals surface area contributed by atoms with Crippen molar-refractivity contribution in [2.24, 2.45) is 5.92 Å². The van der Waals surface area contributed by atoms with E-state index in [1.54, 1.807) is 12.1 Å². The quantitative estimate of drug-likeness (QED) is 0.736. The number of nitrogens with one attached hydrogen (secondary N) is 1. The number of amides is 1. The van der Waals surface area contributed by atoms with Crippen LogP contribution in [0.3, 0.4) is 0 Å². The smallest absolute Gasteiger partial charge is 0.243 e. The highest BCUT2D eigenvalue weighted by atomic mass is 35.5. The second-order valence-corrected chi connectivity index (χ2v) is 9.91. The average Bonchev–Trinajstić information content (AvgIpc) is 2.73. The van der Waals surface area contributed by atoms with Gasteiger partial charge < -0.3 is 5.32 Å². The third-order valence-corrected chi connectivity index (χ3v) is 7.54. The first-order valence-corrected chi connectivity index (χ1v) is 11.8. The highest BCUT2D eigenvalue weighted by molar-refractivity contribution is 7.89. The molecule has 0 bridgehead atoms. The van der Waals surface area contributed by atoms with E-state index in [2.05, 4.69) is 5.32 Å². The van der Waals surface area contributed by atoms with Crippen LogP contribution >= 0.6 is 11.6 Å². The summed E-state index contributed by atoms with van der Waals surface area (Å²) >= 11 is 5.87. The first-order valence-electron chi connectivity index (χ1n) is 9.94. The van der Waals surface area contributed by atoms with Crippen molar-refractivity contribution in [2.45, 2.75) is 44.0 Å². The molecule has 2 aromatic rings. The van der Waals surface area contributed by atoms with Gasteiger partial charge in [-0.2, -0.15) is 4.31 Å². The molecule has 1 aliphatic rings. The summed E-state index contributed by atoms with van der Waals surface area (Å²) in [7, 11) is -3.64. The summed E-state index contributed by atoms with van der Waals surface area (Å²) in [5.74, 6) is -0.446. The fraction of sp³-hybridized carbons (Fsp3) is 0.409. The lowest BCUT2D eigenvalue weighted by molar-refractivity contribution is -0.126. The summed E-state index contributed by atoms with van der Waals surface area (Å²) in [6.45, 7) is 4.68. The molecule has 2 unspecified atom stereocenters. The number of hydrogen-bond donors (Lipinski definition) is 1. The molecule has 29 heavy (non-hydrogen) atoms. The summed E-state index contributed by atoms with van der Waals surface area (Å²) in [6, 6.07) is 14.2. The third-order valence-electron chi connectivity index (χ3n) is 5.41. The Bertz CT molecular complexity index is 943. The second-order valence-electron chi connectivity index (χ2n) is 7.54. The van der Waals surface area contributed by atoms with Gasteiger partial charge in [0, 0.05) is 18.1 Å². The first kappa shape index (κ1) is 21.8. The van der Waals surface area contributed by atoms with E-state index in [1.807, 2.05) is 38.1 Å². The summed E-state index contributed by atoms with van der Waals surface area (Å²) in [4.78, 5) is 13.1. The molecule has 156 valence electrons. The largest absolute Gasteiger partial charge is 0.349 e. The van der Waals surface area contributed by atoms with Crippen LogP contribution in [0.25, 0.3) is 0 Å². The van der Waals surface area contributed by atoms with Gasteiger partial charge in [-0.25, -0.2) is 8.42 Å². The number of piperidine rings is 1. The van der Waals surface area contributed by atoms with E-state index in [-0.39, 0.29) is 29.3 Å². The monoisotopic (exact) mass is 434 g/mol. The fourth-order valence-electron chi connectivity index (χ4n) is 3.64. The van der Waals surface area contributed by atoms with Gasteiger partial charge in [0.05, 0.1) is 16.9 Å². The molecule has 1 aliphatic heterocycles. The van der Waals surface area contributed by atoms with Crippen LogP contribution in [0.2, 0.25) is 5.02 Å². The topological polar surface area (TPSA) is 66.5 Å². The van der Waals surface area contributed by atoms with Gasteiger partial charge in [0.1, 0.15) is 0 Å². The number of carbonyl (C=O) groups excluding carboxylic acids is 1. The Labute approximate surface area is 178 Å². The summed E-state index contributed by atoms with van der Waals surface area (Å²) in [5.41, 5.74) is 2.23. The lowest BCUT2D eigenvalue weighted by Gasteiger charge is -2.32. The maximum atomic E-state index is 12.9. The Balaban J connectivity index is 1.70. The summed E-state index contributed by atoms with van der Waals surface area (Å²) in [6.07, 6.45) is 2.11. The molecule has 1 N–H and O–H groups in total. The molecule has 2 aromatic carbocycles. The normalized spacial score (nSPS) is 18.9. The van der Waals surface area contributed by atoms with Crippen LogP contribution in [0.1, 0.15) is 43.4 Å². The fourth-order valence-corrected chi connectivity index (χ4v) is 5.29. The highest BCUT2D eigenvalue weighted by Gasteiger charge is 2.33. The van der Waals surface area contributed by atoms with E-state index in [9.17, 15) is 13.2 Å². The molecule has 1 saturated heterocycles. The minimum Gasteiger partial charge on any atom is -0.349 e. The molecular weight excluding hydrogens is 408 g/mol. The minimum absolute atomic E-state index is 0.0775. The van der Waals surface area contributed by atoms with E-state index < -0.39 is 10.0 Å². The van der Waals surface area contributed by atoms with Gasteiger partial charge in [-0.15, -0.1) is 0 Å². The van der Waals surface area contributed by atoms with Gasteiger partial charge in [-0.3, -0.25) is 4.79 Å². The zero-order valence-electron chi connectivity index (χ0n) is 16.8. The van der Waals surface area contributed by atoms with Crippen molar-refractivity contribution in [1.82, 2.24) is 9.62 Å². The van der Waals surface area contributed by atoms with Crippen molar-refractivity contribution in [1.29, 1.82) is 0 Å². The maximum absolute atomic E-state index is 12.9. The number of hydrogen-bond acceptors (Lipinski definition) is 3. The maximum Gasteiger partial charge on any atom is 0.243 e. The Morgan fingerprint density at radius 3 is 2.45 bits per heavy atom. The number of halogens is 1. The molecule has 0 spiro atoms. The van der Waals surface area contributed by atoms with E-state index in [1.165, 1.54) is 22.0 Å². The summed E-state index contributed by atoms with van der Waals surface area (Å²) in [5, 5.41) is 3.60. The van der Waals surface area contributed by atoms with Gasteiger partial charge in [0.25, 0.3) is 0 Å². The van der Waals surface area contributed by atoms with E-state index in [0.29, 0.717) is 24.4 Å².